The molecule has 232 valence electrons. The van der Waals surface area contributed by atoms with Crippen molar-refractivity contribution in [2.45, 2.75) is 66.0 Å². The fourth-order valence-electron chi connectivity index (χ4n) is 3.18. The summed E-state index contributed by atoms with van der Waals surface area (Å²) in [7, 11) is 0. The number of hydrogen-bond acceptors (Lipinski definition) is 9. The van der Waals surface area contributed by atoms with Crippen LogP contribution in [0, 0.1) is 0 Å². The Kier molecular flexibility index (Phi) is 12.2. The van der Waals surface area contributed by atoms with Gasteiger partial charge in [0.05, 0.1) is 41.3 Å². The van der Waals surface area contributed by atoms with Crippen LogP contribution in [-0.2, 0) is 22.7 Å². The molecule has 0 saturated carbocycles. The van der Waals surface area contributed by atoms with Gasteiger partial charge >= 0.3 is 11.9 Å². The van der Waals surface area contributed by atoms with Gasteiger partial charge in [-0.2, -0.15) is 10.2 Å². The third-order valence-corrected chi connectivity index (χ3v) is 5.67. The molecule has 0 aliphatic rings. The third kappa shape index (κ3) is 10.6. The predicted octanol–water partition coefficient (Wildman–Crippen LogP) is 5.72. The number of aromatic carboxylic acids is 1. The second-order valence-corrected chi connectivity index (χ2v) is 11.6. The fourth-order valence-corrected chi connectivity index (χ4v) is 3.64. The van der Waals surface area contributed by atoms with E-state index < -0.39 is 17.5 Å². The summed E-state index contributed by atoms with van der Waals surface area (Å²) in [5.41, 5.74) is 0.603. The third-order valence-electron chi connectivity index (χ3n) is 5.09. The van der Waals surface area contributed by atoms with Crippen LogP contribution in [-0.4, -0.2) is 62.9 Å². The molecule has 0 saturated heterocycles. The Morgan fingerprint density at radius 1 is 0.791 bits per heavy atom. The van der Waals surface area contributed by atoms with Gasteiger partial charge in [0, 0.05) is 12.4 Å². The van der Waals surface area contributed by atoms with Gasteiger partial charge in [0.15, 0.2) is 11.6 Å². The average molecular weight is 656 g/mol. The summed E-state index contributed by atoms with van der Waals surface area (Å²) in [4.78, 5) is 31.0. The summed E-state index contributed by atoms with van der Waals surface area (Å²) in [5, 5.41) is 26.1. The lowest BCUT2D eigenvalue weighted by atomic mass is 10.2. The van der Waals surface area contributed by atoms with E-state index in [1.54, 1.807) is 56.0 Å². The Morgan fingerprint density at radius 3 is 1.70 bits per heavy atom. The van der Waals surface area contributed by atoms with Crippen molar-refractivity contribution in [2.24, 2.45) is 0 Å². The van der Waals surface area contributed by atoms with Crippen LogP contribution >= 0.6 is 35.6 Å². The number of aromatic nitrogens is 6. The first-order valence-electron chi connectivity index (χ1n) is 12.7. The number of rotatable bonds is 7. The molecular weight excluding hydrogens is 623 g/mol. The zero-order chi connectivity index (χ0) is 31.2. The summed E-state index contributed by atoms with van der Waals surface area (Å²) in [5.74, 6) is -0.735. The van der Waals surface area contributed by atoms with Crippen LogP contribution < -0.4 is 0 Å². The number of pyridine rings is 2. The molecule has 4 heterocycles. The van der Waals surface area contributed by atoms with Crippen LogP contribution in [0.2, 0.25) is 10.3 Å². The van der Waals surface area contributed by atoms with Gasteiger partial charge in [-0.15, -0.1) is 12.4 Å². The molecule has 0 aliphatic carbocycles. The maximum Gasteiger partial charge on any atom is 0.341 e. The van der Waals surface area contributed by atoms with E-state index in [1.165, 1.54) is 16.8 Å². The van der Waals surface area contributed by atoms with E-state index in [9.17, 15) is 9.59 Å². The number of hydrogen-bond donors (Lipinski definition) is 2. The van der Waals surface area contributed by atoms with Crippen LogP contribution in [0.1, 0.15) is 73.6 Å². The number of carbonyl (C=O) groups is 2. The summed E-state index contributed by atoms with van der Waals surface area (Å²) in [6.07, 6.45) is 3.37. The second-order valence-electron chi connectivity index (χ2n) is 10.9. The summed E-state index contributed by atoms with van der Waals surface area (Å²) >= 11 is 11.9. The molecule has 0 unspecified atom stereocenters. The lowest BCUT2D eigenvalue weighted by Crippen LogP contribution is -2.24. The number of aliphatic hydroxyl groups excluding tert-OH is 1. The summed E-state index contributed by atoms with van der Waals surface area (Å²) in [6, 6.07) is 9.58. The lowest BCUT2D eigenvalue weighted by Gasteiger charge is -2.19. The van der Waals surface area contributed by atoms with Gasteiger partial charge in [-0.3, -0.25) is 0 Å². The number of carboxylic acid groups (broad SMARTS) is 1. The van der Waals surface area contributed by atoms with Gasteiger partial charge in [0.2, 0.25) is 0 Å². The maximum atomic E-state index is 12.1. The molecule has 12 nitrogen and oxygen atoms in total. The van der Waals surface area contributed by atoms with E-state index in [1.807, 2.05) is 26.8 Å². The van der Waals surface area contributed by atoms with Crippen molar-refractivity contribution in [3.63, 3.8) is 0 Å². The highest BCUT2D eigenvalue weighted by Crippen LogP contribution is 2.20. The zero-order valence-electron chi connectivity index (χ0n) is 24.4. The Bertz CT molecular complexity index is 1560. The van der Waals surface area contributed by atoms with Crippen molar-refractivity contribution in [3.05, 3.63) is 81.6 Å². The average Bonchev–Trinajstić information content (AvgIpc) is 3.56. The van der Waals surface area contributed by atoms with Gasteiger partial charge in [-0.25, -0.2) is 28.9 Å². The molecule has 0 aliphatic heterocycles. The Hall–Kier alpha value is -3.55. The minimum atomic E-state index is -1.13. The maximum absolute atomic E-state index is 12.1. The minimum absolute atomic E-state index is 0. The zero-order valence-corrected chi connectivity index (χ0v) is 26.7. The quantitative estimate of drug-likeness (QED) is 0.186. The predicted molar refractivity (Wildman–Crippen MR) is 163 cm³/mol. The van der Waals surface area contributed by atoms with Crippen molar-refractivity contribution in [1.29, 1.82) is 0 Å². The second kappa shape index (κ2) is 14.8. The van der Waals surface area contributed by atoms with Gasteiger partial charge in [-0.05, 0) is 77.9 Å². The van der Waals surface area contributed by atoms with Crippen molar-refractivity contribution >= 4 is 47.5 Å². The van der Waals surface area contributed by atoms with Gasteiger partial charge < -0.3 is 19.7 Å². The molecule has 0 radical (unpaired) electrons. The van der Waals surface area contributed by atoms with Crippen LogP contribution in [0.15, 0.2) is 48.8 Å². The first-order chi connectivity index (χ1) is 19.6. The van der Waals surface area contributed by atoms with Crippen molar-refractivity contribution in [1.82, 2.24) is 29.5 Å². The highest BCUT2D eigenvalue weighted by Gasteiger charge is 2.21. The fraction of sp³-hybridized carbons (Fsp3) is 0.357. The first-order valence-corrected chi connectivity index (χ1v) is 13.5. The van der Waals surface area contributed by atoms with E-state index in [4.69, 9.17) is 42.9 Å². The van der Waals surface area contributed by atoms with Gasteiger partial charge in [0.1, 0.15) is 15.9 Å². The van der Waals surface area contributed by atoms with Crippen LogP contribution in [0.5, 0.6) is 0 Å². The standard InChI is InChI=1S/C18H24ClN3O3.C10H8ClN3O3.ClH/c1-17(2,3)24-11-12-9-10-22(21-12)14-8-7-13(15(19)20-14)16(23)25-18(4,5)6;11-9-7(10(16)17)1-2-8(12-9)14-4-3-6(5-15)13-14;/h7-10H,11H2,1-6H3;1-4,15H,5H2,(H,16,17);1H. The molecule has 0 spiro atoms. The molecule has 4 aromatic rings. The van der Waals surface area contributed by atoms with E-state index in [2.05, 4.69) is 20.2 Å². The number of nitrogens with zero attached hydrogens (tertiary/aromatic N) is 6. The molecule has 0 atom stereocenters. The molecule has 15 heteroatoms. The van der Waals surface area contributed by atoms with Crippen molar-refractivity contribution in [2.75, 3.05) is 0 Å². The van der Waals surface area contributed by atoms with Crippen LogP contribution in [0.3, 0.4) is 0 Å². The van der Waals surface area contributed by atoms with E-state index in [0.29, 0.717) is 23.9 Å². The molecule has 4 aromatic heterocycles. The number of halogens is 3. The molecule has 4 rings (SSSR count). The summed E-state index contributed by atoms with van der Waals surface area (Å²) in [6.45, 7) is 11.6. The Labute approximate surface area is 265 Å². The lowest BCUT2D eigenvalue weighted by molar-refractivity contribution is -0.0166. The van der Waals surface area contributed by atoms with E-state index in [-0.39, 0.29) is 46.0 Å². The number of ether oxygens (including phenoxy) is 2. The van der Waals surface area contributed by atoms with Crippen molar-refractivity contribution < 1.29 is 29.3 Å². The van der Waals surface area contributed by atoms with Crippen LogP contribution in [0.4, 0.5) is 0 Å². The molecule has 0 fully saturated rings. The molecular formula is C28H33Cl3N6O6. The highest BCUT2D eigenvalue weighted by atomic mass is 35.5. The number of esters is 1. The number of aliphatic hydroxyl groups is 1. The van der Waals surface area contributed by atoms with Gasteiger partial charge in [-0.1, -0.05) is 23.2 Å². The van der Waals surface area contributed by atoms with Gasteiger partial charge in [0.25, 0.3) is 0 Å². The van der Waals surface area contributed by atoms with Crippen molar-refractivity contribution in [3.8, 4) is 11.6 Å². The molecule has 0 aromatic carbocycles. The molecule has 43 heavy (non-hydrogen) atoms. The Morgan fingerprint density at radius 2 is 1.28 bits per heavy atom. The minimum Gasteiger partial charge on any atom is -0.478 e. The topological polar surface area (TPSA) is 154 Å². The smallest absolute Gasteiger partial charge is 0.341 e. The molecule has 0 amide bonds. The molecule has 0 bridgehead atoms. The number of carbonyl (C=O) groups excluding carboxylic acids is 1. The first kappa shape index (κ1) is 35.6. The molecule has 2 N–H and O–H groups in total. The normalized spacial score (nSPS) is 11.3. The largest absolute Gasteiger partial charge is 0.478 e. The number of carboxylic acids is 1. The van der Waals surface area contributed by atoms with Crippen LogP contribution in [0.25, 0.3) is 11.6 Å². The Balaban J connectivity index is 0.000000313. The summed E-state index contributed by atoms with van der Waals surface area (Å²) < 4.78 is 14.0. The van der Waals surface area contributed by atoms with E-state index in [0.717, 1.165) is 5.69 Å². The van der Waals surface area contributed by atoms with E-state index >= 15 is 0 Å². The highest BCUT2D eigenvalue weighted by molar-refractivity contribution is 6.32. The SMILES string of the molecule is CC(C)(C)OCc1ccn(-c2ccc(C(=O)OC(C)(C)C)c(Cl)n2)n1.Cl.O=C(O)c1ccc(-n2ccc(CO)n2)nc1Cl. The monoisotopic (exact) mass is 654 g/mol.